The van der Waals surface area contributed by atoms with Crippen LogP contribution in [0.15, 0.2) is 52.1 Å². The number of aromatic nitrogens is 4. The molecule has 2 aliphatic carbocycles. The van der Waals surface area contributed by atoms with Gasteiger partial charge in [0.2, 0.25) is 11.9 Å². The number of benzene rings is 2. The maximum Gasteiger partial charge on any atom is 0.435 e. The third kappa shape index (κ3) is 12.2. The van der Waals surface area contributed by atoms with E-state index < -0.39 is 122 Å². The van der Waals surface area contributed by atoms with Crippen molar-refractivity contribution in [2.45, 2.75) is 113 Å². The number of rotatable bonds is 6. The van der Waals surface area contributed by atoms with Gasteiger partial charge in [-0.25, -0.2) is 9.97 Å². The Morgan fingerprint density at radius 3 is 1.26 bits per heavy atom. The summed E-state index contributed by atoms with van der Waals surface area (Å²) >= 11 is 5.59. The van der Waals surface area contributed by atoms with Crippen LogP contribution in [-0.2, 0) is 37.1 Å². The molecule has 0 saturated heterocycles. The fourth-order valence-corrected chi connectivity index (χ4v) is 7.51. The Hall–Kier alpha value is -5.17. The van der Waals surface area contributed by atoms with E-state index in [1.165, 1.54) is 0 Å². The summed E-state index contributed by atoms with van der Waals surface area (Å²) in [4.78, 5) is 31.7. The molecule has 6 rings (SSSR count). The van der Waals surface area contributed by atoms with Crippen LogP contribution in [-0.4, -0.2) is 19.1 Å². The van der Waals surface area contributed by atoms with Crippen LogP contribution in [0, 0.1) is 0 Å². The minimum atomic E-state index is -5.24. The van der Waals surface area contributed by atoms with Crippen molar-refractivity contribution in [3.05, 3.63) is 102 Å². The lowest BCUT2D eigenvalue weighted by Crippen LogP contribution is -2.32. The fraction of sp³-hybridized carbons (Fsp3) is 0.474. The highest BCUT2D eigenvalue weighted by Crippen LogP contribution is 2.43. The molecule has 0 amide bonds. The smallest absolute Gasteiger partial charge is 0.325 e. The molecule has 2 fully saturated rings. The zero-order valence-corrected chi connectivity index (χ0v) is 33.3. The van der Waals surface area contributed by atoms with E-state index in [2.05, 4.69) is 9.97 Å². The number of nitrogens with zero attached hydrogens (tertiary/aromatic N) is 4. The molecule has 27 heteroatoms. The second kappa shape index (κ2) is 18.6. The number of alkyl halides is 18. The van der Waals surface area contributed by atoms with E-state index in [0.29, 0.717) is 55.9 Å². The summed E-state index contributed by atoms with van der Waals surface area (Å²) < 4.78 is 240. The van der Waals surface area contributed by atoms with E-state index in [-0.39, 0.29) is 42.5 Å². The van der Waals surface area contributed by atoms with Gasteiger partial charge < -0.3 is 10.6 Å². The van der Waals surface area contributed by atoms with Crippen molar-refractivity contribution in [3.63, 3.8) is 0 Å². The van der Waals surface area contributed by atoms with Gasteiger partial charge in [0.25, 0.3) is 11.1 Å². The number of hydrogen-bond donors (Lipinski definition) is 2. The Balaban J connectivity index is 0.000000244. The summed E-state index contributed by atoms with van der Waals surface area (Å²) in [5.74, 6) is -1.88. The predicted octanol–water partition coefficient (Wildman–Crippen LogP) is 13.8. The van der Waals surface area contributed by atoms with Gasteiger partial charge in [0.1, 0.15) is 5.02 Å². The predicted molar refractivity (Wildman–Crippen MR) is 196 cm³/mol. The minimum Gasteiger partial charge on any atom is -0.325 e. The molecule has 0 bridgehead atoms. The van der Waals surface area contributed by atoms with E-state index in [1.807, 2.05) is 10.6 Å². The van der Waals surface area contributed by atoms with Crippen molar-refractivity contribution in [3.8, 4) is 0 Å². The number of halogens is 19. The zero-order chi connectivity index (χ0) is 48.7. The second-order valence-corrected chi connectivity index (χ2v) is 15.2. The molecule has 0 spiro atoms. The highest BCUT2D eigenvalue weighted by molar-refractivity contribution is 6.31. The minimum absolute atomic E-state index is 0.0993. The number of anilines is 4. The summed E-state index contributed by atoms with van der Waals surface area (Å²) in [5, 5.41) is 2.57. The molecule has 2 aromatic carbocycles. The van der Waals surface area contributed by atoms with Gasteiger partial charge >= 0.3 is 37.1 Å². The topological polar surface area (TPSA) is 93.8 Å². The fourth-order valence-electron chi connectivity index (χ4n) is 7.27. The van der Waals surface area contributed by atoms with Crippen molar-refractivity contribution < 1.29 is 79.0 Å². The van der Waals surface area contributed by atoms with Gasteiger partial charge in [0, 0.05) is 18.2 Å². The molecule has 65 heavy (non-hydrogen) atoms. The summed E-state index contributed by atoms with van der Waals surface area (Å²) in [6.45, 7) is 0. The average Bonchev–Trinajstić information content (AvgIpc) is 3.18. The van der Waals surface area contributed by atoms with E-state index in [0.717, 1.165) is 17.4 Å². The summed E-state index contributed by atoms with van der Waals surface area (Å²) in [6, 6.07) is -0.245. The Morgan fingerprint density at radius 2 is 0.892 bits per heavy atom. The van der Waals surface area contributed by atoms with Crippen LogP contribution in [0.25, 0.3) is 0 Å². The van der Waals surface area contributed by atoms with Crippen LogP contribution in [0.4, 0.5) is 102 Å². The van der Waals surface area contributed by atoms with Gasteiger partial charge in [0.05, 0.1) is 33.6 Å². The molecule has 0 radical (unpaired) electrons. The van der Waals surface area contributed by atoms with Gasteiger partial charge in [-0.15, -0.1) is 0 Å². The van der Waals surface area contributed by atoms with Crippen molar-refractivity contribution >= 4 is 34.9 Å². The number of nitrogens with one attached hydrogen (secondary N) is 2. The Labute approximate surface area is 358 Å². The van der Waals surface area contributed by atoms with Crippen molar-refractivity contribution in [1.82, 2.24) is 19.1 Å². The second-order valence-electron chi connectivity index (χ2n) is 14.8. The van der Waals surface area contributed by atoms with Gasteiger partial charge in [-0.3, -0.25) is 18.7 Å². The van der Waals surface area contributed by atoms with Crippen LogP contribution >= 0.6 is 11.6 Å². The monoisotopic (exact) mass is 980 g/mol. The molecule has 8 nitrogen and oxygen atoms in total. The van der Waals surface area contributed by atoms with Gasteiger partial charge in [-0.1, -0.05) is 50.1 Å². The summed E-state index contributed by atoms with van der Waals surface area (Å²) in [5.41, 5.74) is -14.5. The van der Waals surface area contributed by atoms with Gasteiger partial charge in [-0.05, 0) is 62.1 Å². The third-order valence-corrected chi connectivity index (χ3v) is 10.6. The average molecular weight is 981 g/mol. The summed E-state index contributed by atoms with van der Waals surface area (Å²) in [7, 11) is 0. The van der Waals surface area contributed by atoms with Crippen LogP contribution in [0.1, 0.15) is 110 Å². The Morgan fingerprint density at radius 1 is 0.492 bits per heavy atom. The first-order valence-electron chi connectivity index (χ1n) is 19.0. The first-order valence-corrected chi connectivity index (χ1v) is 19.4. The largest absolute Gasteiger partial charge is 0.435 e. The van der Waals surface area contributed by atoms with Crippen LogP contribution in [0.5, 0.6) is 0 Å². The molecule has 2 heterocycles. The normalized spacial score (nSPS) is 16.2. The van der Waals surface area contributed by atoms with E-state index in [4.69, 9.17) is 11.6 Å². The van der Waals surface area contributed by atoms with Gasteiger partial charge in [0.15, 0.2) is 11.4 Å². The summed E-state index contributed by atoms with van der Waals surface area (Å²) in [6.07, 6.45) is -25.4. The van der Waals surface area contributed by atoms with E-state index >= 15 is 0 Å². The quantitative estimate of drug-likeness (QED) is 0.187. The Bertz CT molecular complexity index is 2460. The maximum atomic E-state index is 13.4. The zero-order valence-electron chi connectivity index (χ0n) is 32.6. The molecule has 0 atom stereocenters. The van der Waals surface area contributed by atoms with Crippen molar-refractivity contribution in [2.75, 3.05) is 10.6 Å². The standard InChI is InChI=1S/C19H15ClF9N3O.C19H16F9N3O/c20-13-14(19(27,28)29)31-16(32(15(13)33)10-4-2-1-3-5-10)30-12-8-9(17(21,22)23)6-7-11(12)18(24,25)26;20-17(21,22)10-6-7-12(18(23,24)25)13(8-10)29-16-30-14(19(26,27)28)9-15(32)31(16)11-4-2-1-3-5-11/h6-8,10H,1-5H2,(H,30,31);6-9,11H,1-5H2,(H,29,30). The molecule has 2 aliphatic rings. The van der Waals surface area contributed by atoms with Crippen molar-refractivity contribution in [1.29, 1.82) is 0 Å². The first-order chi connectivity index (χ1) is 29.8. The highest BCUT2D eigenvalue weighted by Gasteiger charge is 2.42. The molecule has 4 aromatic rings. The lowest BCUT2D eigenvalue weighted by atomic mass is 9.95. The van der Waals surface area contributed by atoms with E-state index in [9.17, 15) is 88.6 Å². The third-order valence-electron chi connectivity index (χ3n) is 10.2. The first kappa shape index (κ1) is 50.8. The molecular formula is C38H31ClF18N6O2. The molecule has 0 unspecified atom stereocenters. The molecule has 0 aliphatic heterocycles. The van der Waals surface area contributed by atoms with Crippen LogP contribution in [0.2, 0.25) is 5.02 Å². The van der Waals surface area contributed by atoms with Crippen molar-refractivity contribution in [2.24, 2.45) is 0 Å². The highest BCUT2D eigenvalue weighted by atomic mass is 35.5. The molecule has 2 saturated carbocycles. The Kier molecular flexibility index (Phi) is 14.5. The lowest BCUT2D eigenvalue weighted by molar-refractivity contribution is -0.142. The molecular weight excluding hydrogens is 950 g/mol. The maximum absolute atomic E-state index is 13.4. The van der Waals surface area contributed by atoms with Gasteiger partial charge in [-0.2, -0.15) is 79.0 Å². The van der Waals surface area contributed by atoms with Crippen LogP contribution < -0.4 is 21.8 Å². The lowest BCUT2D eigenvalue weighted by Gasteiger charge is -2.27. The van der Waals surface area contributed by atoms with E-state index in [1.54, 1.807) is 0 Å². The molecule has 358 valence electrons. The molecule has 2 aromatic heterocycles. The number of hydrogen-bond acceptors (Lipinski definition) is 6. The SMILES string of the molecule is O=c1c(Cl)c(C(F)(F)F)nc(Nc2cc(C(F)(F)F)ccc2C(F)(F)F)n1C1CCCCC1.O=c1cc(C(F)(F)F)nc(Nc2cc(C(F)(F)F)ccc2C(F)(F)F)n1C1CCCCC1. The van der Waals surface area contributed by atoms with Crippen LogP contribution in [0.3, 0.4) is 0 Å². The molecule has 2 N–H and O–H groups in total.